The van der Waals surface area contributed by atoms with Crippen LogP contribution in [-0.2, 0) is 27.3 Å². The number of halogens is 2. The smallest absolute Gasteiger partial charge is 0.269 e. The van der Waals surface area contributed by atoms with E-state index >= 15 is 0 Å². The Hall–Kier alpha value is -3.77. The van der Waals surface area contributed by atoms with Crippen molar-refractivity contribution in [3.8, 4) is 5.75 Å². The lowest BCUT2D eigenvalue weighted by Crippen LogP contribution is -2.55. The summed E-state index contributed by atoms with van der Waals surface area (Å²) >= 11 is 0. The summed E-state index contributed by atoms with van der Waals surface area (Å²) < 4.78 is 26.1. The Morgan fingerprint density at radius 1 is 1.07 bits per heavy atom. The van der Waals surface area contributed by atoms with E-state index in [2.05, 4.69) is 0 Å². The number of hydrogen-bond acceptors (Lipinski definition) is 9. The number of anilines is 1. The number of nitrogens with two attached hydrogens (primary N) is 1. The number of nitrogens with zero attached hydrogens (tertiary/aromatic N) is 3. The third-order valence-electron chi connectivity index (χ3n) is 9.22. The van der Waals surface area contributed by atoms with Gasteiger partial charge in [-0.15, -0.1) is 0 Å². The number of allylic oxidation sites excluding steroid dienone is 1. The van der Waals surface area contributed by atoms with Gasteiger partial charge >= 0.3 is 0 Å². The fourth-order valence-corrected chi connectivity index (χ4v) is 7.30. The summed E-state index contributed by atoms with van der Waals surface area (Å²) in [6.45, 7) is 1.02. The van der Waals surface area contributed by atoms with Crippen molar-refractivity contribution in [2.75, 3.05) is 46.2 Å². The standard InChI is InChI=1S/C30H36F2N4O6/c1-34(2)18-11-15(12-36-7-5-13(6-8-36)29(31)32)24(37)20-16(18)9-14-10-17-21(26(39)19(14)25(20)38)27(40)22(30(33)42)28(41)23(17)35(3)4/h11,14,17,21,23,37-38,41H,5-10,12H2,1-4H3,(H2,33,42)/t14-,17?,21?,23-/m0/s1. The Kier molecular flexibility index (Phi) is 7.65. The number of likely N-dealkylation sites (tertiary alicyclic amines) is 1. The molecule has 0 bridgehead atoms. The molecular formula is C30H36F2N4O6. The first-order chi connectivity index (χ1) is 19.7. The molecule has 1 amide bonds. The first-order valence-electron chi connectivity index (χ1n) is 14.0. The fraction of sp³-hybridized carbons (Fsp3) is 0.500. The number of primary amides is 1. The zero-order valence-corrected chi connectivity index (χ0v) is 24.1. The molecule has 0 spiro atoms. The molecule has 2 fully saturated rings. The number of hydrogen-bond donors (Lipinski definition) is 4. The lowest BCUT2D eigenvalue weighted by atomic mass is 9.59. The molecule has 4 aliphatic rings. The SMILES string of the molecule is CN(C)c1cc(CN2CCC(=C(F)F)CC2)c(O)c2c1C[C@H]1CC3C(C(=O)C(C(N)=O)=C(O)[C@H]3N(C)C)C(=O)C1=C2O. The number of aliphatic hydroxyl groups excluding tert-OH is 2. The number of fused-ring (bicyclic) bond motifs is 3. The first-order valence-corrected chi connectivity index (χ1v) is 14.0. The van der Waals surface area contributed by atoms with E-state index in [1.807, 2.05) is 30.0 Å². The molecule has 5 N–H and O–H groups in total. The lowest BCUT2D eigenvalue weighted by Gasteiger charge is -2.46. The van der Waals surface area contributed by atoms with Gasteiger partial charge in [0.25, 0.3) is 12.0 Å². The molecule has 1 saturated heterocycles. The Morgan fingerprint density at radius 3 is 2.26 bits per heavy atom. The molecular weight excluding hydrogens is 550 g/mol. The number of phenolic OH excluding ortho intramolecular Hbond substituents is 1. The predicted molar refractivity (Wildman–Crippen MR) is 151 cm³/mol. The van der Waals surface area contributed by atoms with Crippen molar-refractivity contribution in [2.45, 2.75) is 38.3 Å². The molecule has 0 aromatic heterocycles. The highest BCUT2D eigenvalue weighted by molar-refractivity contribution is 6.28. The van der Waals surface area contributed by atoms with Gasteiger partial charge in [-0.3, -0.25) is 24.2 Å². The van der Waals surface area contributed by atoms with Gasteiger partial charge in [0.1, 0.15) is 22.8 Å². The Labute approximate surface area is 242 Å². The normalized spacial score (nSPS) is 26.3. The van der Waals surface area contributed by atoms with Crippen molar-refractivity contribution in [1.29, 1.82) is 0 Å². The Balaban J connectivity index is 1.58. The number of rotatable bonds is 5. The van der Waals surface area contributed by atoms with Crippen molar-refractivity contribution < 1.29 is 38.5 Å². The Bertz CT molecular complexity index is 1470. The minimum absolute atomic E-state index is 0.0168. The zero-order valence-electron chi connectivity index (χ0n) is 24.1. The molecule has 226 valence electrons. The van der Waals surface area contributed by atoms with E-state index in [1.54, 1.807) is 19.0 Å². The number of carbonyl (C=O) groups excluding carboxylic acids is 3. The second-order valence-electron chi connectivity index (χ2n) is 12.1. The minimum Gasteiger partial charge on any atom is -0.510 e. The molecule has 3 aliphatic carbocycles. The van der Waals surface area contributed by atoms with E-state index in [0.717, 1.165) is 5.69 Å². The number of ketones is 2. The van der Waals surface area contributed by atoms with E-state index < -0.39 is 64.4 Å². The van der Waals surface area contributed by atoms with Gasteiger partial charge in [0, 0.05) is 50.6 Å². The lowest BCUT2D eigenvalue weighted by molar-refractivity contribution is -0.136. The van der Waals surface area contributed by atoms with Gasteiger partial charge in [-0.25, -0.2) is 0 Å². The van der Waals surface area contributed by atoms with Crippen LogP contribution in [0.2, 0.25) is 0 Å². The third kappa shape index (κ3) is 4.66. The van der Waals surface area contributed by atoms with Crippen molar-refractivity contribution >= 4 is 28.9 Å². The van der Waals surface area contributed by atoms with Gasteiger partial charge in [-0.1, -0.05) is 0 Å². The summed E-state index contributed by atoms with van der Waals surface area (Å²) in [4.78, 5) is 45.0. The van der Waals surface area contributed by atoms with Gasteiger partial charge in [-0.2, -0.15) is 8.78 Å². The van der Waals surface area contributed by atoms with Gasteiger partial charge in [0.15, 0.2) is 11.6 Å². The molecule has 1 aromatic carbocycles. The Morgan fingerprint density at radius 2 is 1.71 bits per heavy atom. The summed E-state index contributed by atoms with van der Waals surface area (Å²) in [7, 11) is 7.00. The number of likely N-dealkylation sites (N-methyl/N-ethyl adjacent to an activating group) is 1. The summed E-state index contributed by atoms with van der Waals surface area (Å²) in [6, 6.07) is 1.01. The highest BCUT2D eigenvalue weighted by Gasteiger charge is 2.56. The van der Waals surface area contributed by atoms with Crippen molar-refractivity contribution in [3.63, 3.8) is 0 Å². The molecule has 2 unspecified atom stereocenters. The van der Waals surface area contributed by atoms with Crippen LogP contribution in [-0.4, -0.2) is 89.9 Å². The predicted octanol–water partition coefficient (Wildman–Crippen LogP) is 2.66. The van der Waals surface area contributed by atoms with E-state index in [4.69, 9.17) is 5.73 Å². The number of carbonyl (C=O) groups is 3. The van der Waals surface area contributed by atoms with Crippen LogP contribution in [0.5, 0.6) is 5.75 Å². The molecule has 1 aromatic rings. The number of aliphatic hydroxyl groups is 2. The molecule has 10 nitrogen and oxygen atoms in total. The maximum absolute atomic E-state index is 14.0. The largest absolute Gasteiger partial charge is 0.510 e. The topological polar surface area (TPSA) is 148 Å². The van der Waals surface area contributed by atoms with Gasteiger partial charge in [-0.05, 0) is 68.8 Å². The van der Waals surface area contributed by atoms with Crippen molar-refractivity contribution in [3.05, 3.63) is 51.3 Å². The quantitative estimate of drug-likeness (QED) is 0.302. The molecule has 42 heavy (non-hydrogen) atoms. The minimum atomic E-state index is -1.64. The molecule has 5 rings (SSSR count). The molecule has 1 saturated carbocycles. The molecule has 4 atom stereocenters. The summed E-state index contributed by atoms with van der Waals surface area (Å²) in [6.07, 6.45) is -0.637. The van der Waals surface area contributed by atoms with Crippen molar-refractivity contribution in [2.24, 2.45) is 23.5 Å². The number of phenols is 1. The van der Waals surface area contributed by atoms with Gasteiger partial charge < -0.3 is 26.0 Å². The highest BCUT2D eigenvalue weighted by atomic mass is 19.3. The summed E-state index contributed by atoms with van der Waals surface area (Å²) in [5.41, 5.74) is 6.93. The average Bonchev–Trinajstić information content (AvgIpc) is 2.89. The third-order valence-corrected chi connectivity index (χ3v) is 9.22. The van der Waals surface area contributed by atoms with E-state index in [9.17, 15) is 38.5 Å². The second kappa shape index (κ2) is 10.8. The van der Waals surface area contributed by atoms with Gasteiger partial charge in [0.2, 0.25) is 0 Å². The van der Waals surface area contributed by atoms with Crippen molar-refractivity contribution in [1.82, 2.24) is 9.80 Å². The maximum atomic E-state index is 14.0. The number of piperidine rings is 1. The van der Waals surface area contributed by atoms with E-state index in [1.165, 1.54) is 0 Å². The van der Waals surface area contributed by atoms with E-state index in [-0.39, 0.29) is 48.3 Å². The van der Waals surface area contributed by atoms with Crippen LogP contribution < -0.4 is 10.6 Å². The van der Waals surface area contributed by atoms with Crippen LogP contribution in [0.25, 0.3) is 5.76 Å². The van der Waals surface area contributed by atoms with Gasteiger partial charge in [0.05, 0.1) is 17.5 Å². The monoisotopic (exact) mass is 586 g/mol. The number of aromatic hydroxyl groups is 1. The number of amides is 1. The molecule has 1 heterocycles. The maximum Gasteiger partial charge on any atom is 0.269 e. The summed E-state index contributed by atoms with van der Waals surface area (Å²) in [5, 5.41) is 34.0. The first kappa shape index (κ1) is 29.7. The molecule has 0 radical (unpaired) electrons. The molecule has 12 heteroatoms. The van der Waals surface area contributed by atoms with Crippen LogP contribution in [0.3, 0.4) is 0 Å². The van der Waals surface area contributed by atoms with E-state index in [0.29, 0.717) is 30.6 Å². The number of Topliss-reactive ketones (excluding diaryl/α,β-unsaturated/α-hetero) is 2. The zero-order chi connectivity index (χ0) is 30.8. The van der Waals surface area contributed by atoms with Crippen LogP contribution in [0.4, 0.5) is 14.5 Å². The summed E-state index contributed by atoms with van der Waals surface area (Å²) in [5.74, 6) is -6.20. The highest BCUT2D eigenvalue weighted by Crippen LogP contribution is 2.52. The molecule has 1 aliphatic heterocycles. The van der Waals surface area contributed by atoms with Crippen LogP contribution in [0, 0.1) is 17.8 Å². The second-order valence-corrected chi connectivity index (χ2v) is 12.1. The van der Waals surface area contributed by atoms with Crippen LogP contribution >= 0.6 is 0 Å². The fourth-order valence-electron chi connectivity index (χ4n) is 7.30. The average molecular weight is 587 g/mol. The number of benzene rings is 1. The van der Waals surface area contributed by atoms with Crippen LogP contribution in [0.1, 0.15) is 36.0 Å². The van der Waals surface area contributed by atoms with Crippen LogP contribution in [0.15, 0.2) is 34.6 Å².